The highest BCUT2D eigenvalue weighted by Crippen LogP contribution is 2.34. The Labute approximate surface area is 194 Å². The monoisotopic (exact) mass is 444 g/mol. The number of hydrogen-bond donors (Lipinski definition) is 0. The lowest BCUT2D eigenvalue weighted by atomic mass is 10.1. The molecular formula is C27H28N2O2S. The van der Waals surface area contributed by atoms with Crippen LogP contribution in [0, 0.1) is 0 Å². The van der Waals surface area contributed by atoms with Gasteiger partial charge in [-0.15, -0.1) is 0 Å². The average molecular weight is 445 g/mol. The van der Waals surface area contributed by atoms with Gasteiger partial charge in [0.15, 0.2) is 5.17 Å². The number of rotatable bonds is 6. The van der Waals surface area contributed by atoms with Crippen molar-refractivity contribution in [1.29, 1.82) is 0 Å². The van der Waals surface area contributed by atoms with Gasteiger partial charge in [-0.25, -0.2) is 0 Å². The number of benzene rings is 3. The first-order valence-corrected chi connectivity index (χ1v) is 11.7. The molecule has 0 bridgehead atoms. The van der Waals surface area contributed by atoms with Gasteiger partial charge in [0.05, 0.1) is 4.91 Å². The number of fused-ring (bicyclic) bond motifs is 1. The van der Waals surface area contributed by atoms with Gasteiger partial charge in [0, 0.05) is 12.1 Å². The van der Waals surface area contributed by atoms with Crippen molar-refractivity contribution in [3.63, 3.8) is 0 Å². The summed E-state index contributed by atoms with van der Waals surface area (Å²) >= 11 is 1.45. The molecule has 5 heteroatoms. The third-order valence-corrected chi connectivity index (χ3v) is 6.12. The second kappa shape index (κ2) is 9.61. The van der Waals surface area contributed by atoms with Crippen LogP contribution < -0.4 is 4.74 Å². The maximum atomic E-state index is 12.9. The van der Waals surface area contributed by atoms with Crippen LogP contribution in [0.5, 0.6) is 5.75 Å². The van der Waals surface area contributed by atoms with Crippen LogP contribution in [-0.4, -0.2) is 28.1 Å². The summed E-state index contributed by atoms with van der Waals surface area (Å²) in [4.78, 5) is 20.0. The minimum atomic E-state index is 0.0148. The number of aliphatic imine (C=N–C) groups is 1. The van der Waals surface area contributed by atoms with Gasteiger partial charge in [-0.05, 0) is 85.6 Å². The molecule has 0 N–H and O–H groups in total. The standard InChI is InChI=1S/C27H28N2O2S/c1-18(2)28-27-29(19(3)4)26(30)25(32-27)16-20-10-13-24(14-11-20)31-17-21-9-12-22-7-5-6-8-23(22)15-21/h5-16,18-19H,17H2,1-4H3/b25-16+,28-27?. The zero-order valence-electron chi connectivity index (χ0n) is 18.9. The highest BCUT2D eigenvalue weighted by atomic mass is 32.2. The Bertz CT molecular complexity index is 1180. The van der Waals surface area contributed by atoms with Crippen molar-refractivity contribution in [2.75, 3.05) is 0 Å². The topological polar surface area (TPSA) is 41.9 Å². The maximum absolute atomic E-state index is 12.9. The second-order valence-electron chi connectivity index (χ2n) is 8.42. The normalized spacial score (nSPS) is 16.8. The summed E-state index contributed by atoms with van der Waals surface area (Å²) in [5.74, 6) is 0.817. The molecule has 0 aliphatic carbocycles. The van der Waals surface area contributed by atoms with Gasteiger partial charge >= 0.3 is 0 Å². The zero-order chi connectivity index (χ0) is 22.7. The molecule has 0 saturated carbocycles. The summed E-state index contributed by atoms with van der Waals surface area (Å²) in [5, 5.41) is 3.22. The molecule has 0 radical (unpaired) electrons. The molecule has 3 aromatic carbocycles. The van der Waals surface area contributed by atoms with E-state index < -0.39 is 0 Å². The molecule has 3 aromatic rings. The molecule has 164 valence electrons. The van der Waals surface area contributed by atoms with E-state index in [1.54, 1.807) is 4.90 Å². The average Bonchev–Trinajstić information content (AvgIpc) is 3.07. The van der Waals surface area contributed by atoms with Crippen molar-refractivity contribution < 1.29 is 9.53 Å². The minimum absolute atomic E-state index is 0.0148. The van der Waals surface area contributed by atoms with E-state index >= 15 is 0 Å². The van der Waals surface area contributed by atoms with Gasteiger partial charge < -0.3 is 4.74 Å². The Morgan fingerprint density at radius 2 is 1.69 bits per heavy atom. The van der Waals surface area contributed by atoms with Crippen LogP contribution in [-0.2, 0) is 11.4 Å². The number of nitrogens with zero attached hydrogens (tertiary/aromatic N) is 2. The highest BCUT2D eigenvalue weighted by Gasteiger charge is 2.35. The first-order valence-electron chi connectivity index (χ1n) is 10.9. The van der Waals surface area contributed by atoms with Crippen molar-refractivity contribution in [1.82, 2.24) is 4.90 Å². The summed E-state index contributed by atoms with van der Waals surface area (Å²) in [6.45, 7) is 8.58. The van der Waals surface area contributed by atoms with E-state index in [1.807, 2.05) is 70.2 Å². The quantitative estimate of drug-likeness (QED) is 0.407. The highest BCUT2D eigenvalue weighted by molar-refractivity contribution is 8.18. The van der Waals surface area contributed by atoms with E-state index in [0.29, 0.717) is 11.5 Å². The van der Waals surface area contributed by atoms with Crippen molar-refractivity contribution in [2.45, 2.75) is 46.4 Å². The molecular weight excluding hydrogens is 416 g/mol. The number of thioether (sulfide) groups is 1. The van der Waals surface area contributed by atoms with Crippen molar-refractivity contribution in [3.8, 4) is 5.75 Å². The van der Waals surface area contributed by atoms with Crippen LogP contribution in [0.4, 0.5) is 0 Å². The molecule has 1 fully saturated rings. The summed E-state index contributed by atoms with van der Waals surface area (Å²) < 4.78 is 5.98. The van der Waals surface area contributed by atoms with E-state index in [0.717, 1.165) is 22.0 Å². The molecule has 0 atom stereocenters. The van der Waals surface area contributed by atoms with Crippen LogP contribution in [0.2, 0.25) is 0 Å². The van der Waals surface area contributed by atoms with Crippen LogP contribution in [0.3, 0.4) is 0 Å². The number of carbonyl (C=O) groups is 1. The lowest BCUT2D eigenvalue weighted by Gasteiger charge is -2.20. The number of amidine groups is 1. The molecule has 1 saturated heterocycles. The molecule has 0 aromatic heterocycles. The third-order valence-electron chi connectivity index (χ3n) is 5.12. The van der Waals surface area contributed by atoms with E-state index in [2.05, 4.69) is 35.3 Å². The summed E-state index contributed by atoms with van der Waals surface area (Å²) in [5.41, 5.74) is 2.10. The minimum Gasteiger partial charge on any atom is -0.489 e. The van der Waals surface area contributed by atoms with E-state index in [4.69, 9.17) is 4.74 Å². The predicted molar refractivity (Wildman–Crippen MR) is 135 cm³/mol. The smallest absolute Gasteiger partial charge is 0.266 e. The van der Waals surface area contributed by atoms with Gasteiger partial charge in [-0.2, -0.15) is 0 Å². The SMILES string of the molecule is CC(C)N=C1S/C(=C/c2ccc(OCc3ccc4ccccc4c3)cc2)C(=O)N1C(C)C. The van der Waals surface area contributed by atoms with E-state index in [1.165, 1.54) is 22.5 Å². The predicted octanol–water partition coefficient (Wildman–Crippen LogP) is 6.51. The van der Waals surface area contributed by atoms with Crippen molar-refractivity contribution in [2.24, 2.45) is 4.99 Å². The first-order chi connectivity index (χ1) is 15.4. The summed E-state index contributed by atoms with van der Waals surface area (Å²) in [6.07, 6.45) is 1.93. The van der Waals surface area contributed by atoms with Crippen LogP contribution in [0.1, 0.15) is 38.8 Å². The number of amides is 1. The summed E-state index contributed by atoms with van der Waals surface area (Å²) in [7, 11) is 0. The van der Waals surface area contributed by atoms with E-state index in [9.17, 15) is 4.79 Å². The molecule has 1 heterocycles. The molecule has 0 spiro atoms. The molecule has 1 aliphatic rings. The van der Waals surface area contributed by atoms with Crippen molar-refractivity contribution in [3.05, 3.63) is 82.8 Å². The maximum Gasteiger partial charge on any atom is 0.266 e. The fourth-order valence-corrected chi connectivity index (χ4v) is 4.79. The summed E-state index contributed by atoms with van der Waals surface area (Å²) in [6, 6.07) is 22.8. The molecule has 1 aliphatic heterocycles. The Kier molecular flexibility index (Phi) is 6.66. The Balaban J connectivity index is 1.45. The molecule has 32 heavy (non-hydrogen) atoms. The lowest BCUT2D eigenvalue weighted by Crippen LogP contribution is -2.35. The molecule has 4 nitrogen and oxygen atoms in total. The van der Waals surface area contributed by atoms with Crippen molar-refractivity contribution >= 4 is 39.7 Å². The number of ether oxygens (including phenoxy) is 1. The largest absolute Gasteiger partial charge is 0.489 e. The van der Waals surface area contributed by atoms with Gasteiger partial charge in [-0.3, -0.25) is 14.7 Å². The Morgan fingerprint density at radius 3 is 2.38 bits per heavy atom. The fourth-order valence-electron chi connectivity index (χ4n) is 3.56. The zero-order valence-corrected chi connectivity index (χ0v) is 19.7. The molecule has 4 rings (SSSR count). The second-order valence-corrected chi connectivity index (χ2v) is 9.43. The Morgan fingerprint density at radius 1 is 0.969 bits per heavy atom. The van der Waals surface area contributed by atoms with Gasteiger partial charge in [0.25, 0.3) is 5.91 Å². The number of hydrogen-bond acceptors (Lipinski definition) is 4. The van der Waals surface area contributed by atoms with Crippen LogP contribution >= 0.6 is 11.8 Å². The fraction of sp³-hybridized carbons (Fsp3) is 0.259. The van der Waals surface area contributed by atoms with Crippen LogP contribution in [0.25, 0.3) is 16.8 Å². The molecule has 1 amide bonds. The van der Waals surface area contributed by atoms with Gasteiger partial charge in [0.1, 0.15) is 12.4 Å². The van der Waals surface area contributed by atoms with E-state index in [-0.39, 0.29) is 18.0 Å². The third kappa shape index (κ3) is 5.05. The lowest BCUT2D eigenvalue weighted by molar-refractivity contribution is -0.123. The number of carbonyl (C=O) groups excluding carboxylic acids is 1. The first kappa shape index (κ1) is 22.2. The van der Waals surface area contributed by atoms with Gasteiger partial charge in [0.2, 0.25) is 0 Å². The molecule has 0 unspecified atom stereocenters. The Hall–Kier alpha value is -3.05. The van der Waals surface area contributed by atoms with Crippen LogP contribution in [0.15, 0.2) is 76.6 Å². The van der Waals surface area contributed by atoms with Gasteiger partial charge in [-0.1, -0.05) is 48.5 Å².